The molecular weight excluding hydrogens is 330 g/mol. The summed E-state index contributed by atoms with van der Waals surface area (Å²) in [5.74, 6) is -1.97. The van der Waals surface area contributed by atoms with Crippen LogP contribution in [-0.2, 0) is 14.4 Å². The van der Waals surface area contributed by atoms with E-state index in [0.29, 0.717) is 31.6 Å². The number of hydrogen-bond acceptors (Lipinski definition) is 6. The first-order valence-electron chi connectivity index (χ1n) is 7.96. The van der Waals surface area contributed by atoms with Crippen LogP contribution in [0, 0.1) is 16.0 Å². The van der Waals surface area contributed by atoms with Crippen molar-refractivity contribution in [2.45, 2.75) is 25.3 Å². The number of aliphatic carboxylic acids is 1. The second kappa shape index (κ2) is 6.60. The van der Waals surface area contributed by atoms with Crippen LogP contribution >= 0.6 is 0 Å². The number of nitro groups is 1. The number of amides is 2. The van der Waals surface area contributed by atoms with Gasteiger partial charge in [0.15, 0.2) is 0 Å². The van der Waals surface area contributed by atoms with Crippen molar-refractivity contribution >= 4 is 29.2 Å². The molecule has 1 N–H and O–H groups in total. The van der Waals surface area contributed by atoms with Gasteiger partial charge in [0.1, 0.15) is 0 Å². The van der Waals surface area contributed by atoms with Crippen molar-refractivity contribution in [1.82, 2.24) is 4.90 Å². The first-order chi connectivity index (χ1) is 11.9. The average Bonchev–Trinajstić information content (AvgIpc) is 2.89. The minimum Gasteiger partial charge on any atom is -0.481 e. The molecule has 2 amide bonds. The van der Waals surface area contributed by atoms with Gasteiger partial charge in [-0.2, -0.15) is 0 Å². The van der Waals surface area contributed by atoms with Crippen LogP contribution in [0.1, 0.15) is 19.3 Å². The molecule has 0 saturated carbocycles. The first-order valence-corrected chi connectivity index (χ1v) is 7.96. The van der Waals surface area contributed by atoms with Gasteiger partial charge in [-0.05, 0) is 38.1 Å². The number of anilines is 1. The van der Waals surface area contributed by atoms with Crippen molar-refractivity contribution in [2.75, 3.05) is 18.0 Å². The molecule has 1 aromatic rings. The quantitative estimate of drug-likeness (QED) is 0.490. The standard InChI is InChI=1S/C16H17N3O6/c20-14-9-13(17-7-5-10(6-8-17)16(22)23)15(21)18(14)11-1-3-12(4-2-11)19(24)25/h1-4,10,13H,5-9H2,(H,22,23). The van der Waals surface area contributed by atoms with Crippen LogP contribution in [0.25, 0.3) is 0 Å². The van der Waals surface area contributed by atoms with Crippen LogP contribution in [-0.4, -0.2) is 51.8 Å². The number of piperidine rings is 1. The fourth-order valence-corrected chi connectivity index (χ4v) is 3.35. The van der Waals surface area contributed by atoms with Crippen LogP contribution in [0.2, 0.25) is 0 Å². The molecule has 3 rings (SSSR count). The number of hydrogen-bond donors (Lipinski definition) is 1. The maximum absolute atomic E-state index is 12.7. The Kier molecular flexibility index (Phi) is 4.49. The summed E-state index contributed by atoms with van der Waals surface area (Å²) >= 11 is 0. The van der Waals surface area contributed by atoms with E-state index in [4.69, 9.17) is 5.11 Å². The fourth-order valence-electron chi connectivity index (χ4n) is 3.35. The molecule has 2 aliphatic heterocycles. The summed E-state index contributed by atoms with van der Waals surface area (Å²) in [4.78, 5) is 49.0. The molecule has 2 heterocycles. The van der Waals surface area contributed by atoms with Crippen LogP contribution in [0.4, 0.5) is 11.4 Å². The normalized spacial score (nSPS) is 22.4. The molecule has 1 atom stereocenters. The van der Waals surface area contributed by atoms with E-state index in [9.17, 15) is 24.5 Å². The van der Waals surface area contributed by atoms with Gasteiger partial charge in [0, 0.05) is 12.1 Å². The lowest BCUT2D eigenvalue weighted by Crippen LogP contribution is -2.46. The molecule has 9 nitrogen and oxygen atoms in total. The molecule has 2 fully saturated rings. The number of likely N-dealkylation sites (tertiary alicyclic amines) is 1. The van der Waals surface area contributed by atoms with Gasteiger partial charge in [0.25, 0.3) is 11.6 Å². The number of carbonyl (C=O) groups excluding carboxylic acids is 2. The number of nitro benzene ring substituents is 1. The number of carbonyl (C=O) groups is 3. The monoisotopic (exact) mass is 347 g/mol. The molecule has 0 aromatic heterocycles. The summed E-state index contributed by atoms with van der Waals surface area (Å²) in [5.41, 5.74) is 0.193. The van der Waals surface area contributed by atoms with E-state index in [2.05, 4.69) is 0 Å². The molecular formula is C16H17N3O6. The van der Waals surface area contributed by atoms with E-state index in [-0.39, 0.29) is 23.9 Å². The second-order valence-corrected chi connectivity index (χ2v) is 6.21. The molecule has 0 aliphatic carbocycles. The van der Waals surface area contributed by atoms with Crippen molar-refractivity contribution in [3.63, 3.8) is 0 Å². The van der Waals surface area contributed by atoms with Gasteiger partial charge >= 0.3 is 5.97 Å². The van der Waals surface area contributed by atoms with Crippen LogP contribution in [0.5, 0.6) is 0 Å². The summed E-state index contributed by atoms with van der Waals surface area (Å²) in [6, 6.07) is 4.67. The van der Waals surface area contributed by atoms with E-state index in [1.165, 1.54) is 24.3 Å². The third kappa shape index (κ3) is 3.22. The van der Waals surface area contributed by atoms with Crippen LogP contribution in [0.15, 0.2) is 24.3 Å². The smallest absolute Gasteiger partial charge is 0.306 e. The number of non-ortho nitro benzene ring substituents is 1. The van der Waals surface area contributed by atoms with Gasteiger partial charge in [-0.3, -0.25) is 29.4 Å². The Morgan fingerprint density at radius 2 is 1.76 bits per heavy atom. The van der Waals surface area contributed by atoms with E-state index in [1.54, 1.807) is 0 Å². The van der Waals surface area contributed by atoms with Crippen LogP contribution in [0.3, 0.4) is 0 Å². The van der Waals surface area contributed by atoms with Gasteiger partial charge in [0.05, 0.1) is 29.0 Å². The average molecular weight is 347 g/mol. The molecule has 0 spiro atoms. The summed E-state index contributed by atoms with van der Waals surface area (Å²) in [6.45, 7) is 0.906. The highest BCUT2D eigenvalue weighted by Crippen LogP contribution is 2.29. The van der Waals surface area contributed by atoms with Gasteiger partial charge in [-0.15, -0.1) is 0 Å². The zero-order chi connectivity index (χ0) is 18.1. The number of benzene rings is 1. The predicted octanol–water partition coefficient (Wildman–Crippen LogP) is 1.02. The van der Waals surface area contributed by atoms with Gasteiger partial charge in [0.2, 0.25) is 5.91 Å². The lowest BCUT2D eigenvalue weighted by molar-refractivity contribution is -0.384. The second-order valence-electron chi connectivity index (χ2n) is 6.21. The molecule has 2 aliphatic rings. The predicted molar refractivity (Wildman–Crippen MR) is 85.9 cm³/mol. The lowest BCUT2D eigenvalue weighted by Gasteiger charge is -2.33. The minimum atomic E-state index is -0.832. The molecule has 0 radical (unpaired) electrons. The maximum Gasteiger partial charge on any atom is 0.306 e. The van der Waals surface area contributed by atoms with E-state index < -0.39 is 22.9 Å². The van der Waals surface area contributed by atoms with Gasteiger partial charge in [-0.25, -0.2) is 4.90 Å². The van der Waals surface area contributed by atoms with Gasteiger partial charge < -0.3 is 5.11 Å². The molecule has 0 bridgehead atoms. The SMILES string of the molecule is O=C(O)C1CCN(C2CC(=O)N(c3ccc([N+](=O)[O-])cc3)C2=O)CC1. The summed E-state index contributed by atoms with van der Waals surface area (Å²) < 4.78 is 0. The van der Waals surface area contributed by atoms with Crippen molar-refractivity contribution in [1.29, 1.82) is 0 Å². The highest BCUT2D eigenvalue weighted by molar-refractivity contribution is 6.22. The summed E-state index contributed by atoms with van der Waals surface area (Å²) in [6.07, 6.45) is 0.934. The first kappa shape index (κ1) is 17.0. The Morgan fingerprint density at radius 1 is 1.16 bits per heavy atom. The Labute approximate surface area is 143 Å². The number of imide groups is 1. The molecule has 25 heavy (non-hydrogen) atoms. The number of carboxylic acid groups (broad SMARTS) is 1. The molecule has 132 valence electrons. The fraction of sp³-hybridized carbons (Fsp3) is 0.438. The third-order valence-electron chi connectivity index (χ3n) is 4.76. The molecule has 2 saturated heterocycles. The van der Waals surface area contributed by atoms with Crippen molar-refractivity contribution < 1.29 is 24.4 Å². The number of carboxylic acids is 1. The summed E-state index contributed by atoms with van der Waals surface area (Å²) in [5, 5.41) is 19.7. The zero-order valence-electron chi connectivity index (χ0n) is 13.3. The Morgan fingerprint density at radius 3 is 2.28 bits per heavy atom. The Bertz CT molecular complexity index is 724. The number of nitrogens with zero attached hydrogens (tertiary/aromatic N) is 3. The number of rotatable bonds is 4. The van der Waals surface area contributed by atoms with E-state index in [1.807, 2.05) is 4.90 Å². The van der Waals surface area contributed by atoms with E-state index in [0.717, 1.165) is 4.90 Å². The maximum atomic E-state index is 12.7. The van der Waals surface area contributed by atoms with Crippen molar-refractivity contribution in [3.05, 3.63) is 34.4 Å². The minimum absolute atomic E-state index is 0.0353. The lowest BCUT2D eigenvalue weighted by atomic mass is 9.96. The highest BCUT2D eigenvalue weighted by atomic mass is 16.6. The highest BCUT2D eigenvalue weighted by Gasteiger charge is 2.43. The van der Waals surface area contributed by atoms with E-state index >= 15 is 0 Å². The molecule has 1 aromatic carbocycles. The van der Waals surface area contributed by atoms with Gasteiger partial charge in [-0.1, -0.05) is 0 Å². The molecule has 9 heteroatoms. The zero-order valence-corrected chi connectivity index (χ0v) is 13.3. The molecule has 1 unspecified atom stereocenters. The van der Waals surface area contributed by atoms with Crippen LogP contribution < -0.4 is 4.90 Å². The van der Waals surface area contributed by atoms with Crippen molar-refractivity contribution in [3.8, 4) is 0 Å². The summed E-state index contributed by atoms with van der Waals surface area (Å²) in [7, 11) is 0. The Balaban J connectivity index is 1.72. The topological polar surface area (TPSA) is 121 Å². The largest absolute Gasteiger partial charge is 0.481 e. The Hall–Kier alpha value is -2.81. The third-order valence-corrected chi connectivity index (χ3v) is 4.76. The van der Waals surface area contributed by atoms with Crippen molar-refractivity contribution in [2.24, 2.45) is 5.92 Å².